The van der Waals surface area contributed by atoms with Crippen molar-refractivity contribution in [2.45, 2.75) is 6.10 Å². The van der Waals surface area contributed by atoms with Crippen molar-refractivity contribution in [3.63, 3.8) is 0 Å². The molecule has 1 saturated heterocycles. The average molecular weight is 248 g/mol. The van der Waals surface area contributed by atoms with Crippen LogP contribution >= 0.6 is 0 Å². The third kappa shape index (κ3) is 2.53. The van der Waals surface area contributed by atoms with E-state index in [4.69, 9.17) is 15.8 Å². The van der Waals surface area contributed by atoms with Crippen molar-refractivity contribution >= 4 is 11.7 Å². The van der Waals surface area contributed by atoms with E-state index < -0.39 is 6.10 Å². The molecule has 1 aromatic heterocycles. The monoisotopic (exact) mass is 248 g/mol. The van der Waals surface area contributed by atoms with Crippen LogP contribution in [0.5, 0.6) is 0 Å². The summed E-state index contributed by atoms with van der Waals surface area (Å²) in [5.41, 5.74) is 2.51. The zero-order valence-electron chi connectivity index (χ0n) is 9.54. The van der Waals surface area contributed by atoms with Gasteiger partial charge in [0.15, 0.2) is 11.9 Å². The highest BCUT2D eigenvalue weighted by Crippen LogP contribution is 2.09. The Bertz CT molecular complexity index is 486. The largest absolute Gasteiger partial charge is 0.360 e. The summed E-state index contributed by atoms with van der Waals surface area (Å²) in [5.74, 6) is 5.22. The molecule has 0 aromatic carbocycles. The van der Waals surface area contributed by atoms with Gasteiger partial charge in [-0.3, -0.25) is 9.78 Å². The van der Waals surface area contributed by atoms with Crippen LogP contribution in [0.3, 0.4) is 0 Å². The number of hydrazine groups is 1. The molecule has 1 amide bonds. The normalized spacial score (nSPS) is 19.1. The SMILES string of the molecule is N#CC1CN(C(=O)c2cncc(NN)n2)CCO1. The van der Waals surface area contributed by atoms with Gasteiger partial charge in [0.05, 0.1) is 31.6 Å². The van der Waals surface area contributed by atoms with Crippen molar-refractivity contribution in [2.75, 3.05) is 25.1 Å². The van der Waals surface area contributed by atoms with E-state index in [9.17, 15) is 4.79 Å². The van der Waals surface area contributed by atoms with Gasteiger partial charge < -0.3 is 15.1 Å². The molecular weight excluding hydrogens is 236 g/mol. The zero-order chi connectivity index (χ0) is 13.0. The van der Waals surface area contributed by atoms with E-state index in [0.717, 1.165) is 0 Å². The highest BCUT2D eigenvalue weighted by molar-refractivity contribution is 5.92. The van der Waals surface area contributed by atoms with Gasteiger partial charge in [0, 0.05) is 6.54 Å². The lowest BCUT2D eigenvalue weighted by atomic mass is 10.2. The predicted molar refractivity (Wildman–Crippen MR) is 61.1 cm³/mol. The van der Waals surface area contributed by atoms with Gasteiger partial charge in [0.25, 0.3) is 5.91 Å². The summed E-state index contributed by atoms with van der Waals surface area (Å²) in [6, 6.07) is 1.98. The molecule has 0 spiro atoms. The summed E-state index contributed by atoms with van der Waals surface area (Å²) in [5, 5.41) is 8.78. The fraction of sp³-hybridized carbons (Fsp3) is 0.400. The van der Waals surface area contributed by atoms with Crippen LogP contribution < -0.4 is 11.3 Å². The Kier molecular flexibility index (Phi) is 3.66. The number of nitrogens with two attached hydrogens (primary N) is 1. The van der Waals surface area contributed by atoms with Crippen LogP contribution in [0.4, 0.5) is 5.82 Å². The van der Waals surface area contributed by atoms with Crippen LogP contribution in [0.15, 0.2) is 12.4 Å². The summed E-state index contributed by atoms with van der Waals surface area (Å²) in [4.78, 5) is 21.5. The van der Waals surface area contributed by atoms with Gasteiger partial charge in [0.1, 0.15) is 5.69 Å². The predicted octanol–water partition coefficient (Wildman–Crippen LogP) is -0.873. The number of ether oxygens (including phenoxy) is 1. The fourth-order valence-corrected chi connectivity index (χ4v) is 1.61. The number of hydrogen-bond acceptors (Lipinski definition) is 7. The van der Waals surface area contributed by atoms with Crippen molar-refractivity contribution in [3.05, 3.63) is 18.1 Å². The number of anilines is 1. The minimum atomic E-state index is -0.591. The molecule has 1 unspecified atom stereocenters. The molecule has 8 nitrogen and oxygen atoms in total. The molecule has 1 fully saturated rings. The van der Waals surface area contributed by atoms with Crippen molar-refractivity contribution in [2.24, 2.45) is 5.84 Å². The van der Waals surface area contributed by atoms with Gasteiger partial charge in [0.2, 0.25) is 0 Å². The van der Waals surface area contributed by atoms with E-state index in [1.54, 1.807) is 0 Å². The molecule has 2 heterocycles. The topological polar surface area (TPSA) is 117 Å². The summed E-state index contributed by atoms with van der Waals surface area (Å²) in [6.45, 7) is 1.00. The number of carbonyl (C=O) groups excluding carboxylic acids is 1. The Morgan fingerprint density at radius 2 is 2.50 bits per heavy atom. The lowest BCUT2D eigenvalue weighted by Gasteiger charge is -2.29. The van der Waals surface area contributed by atoms with Gasteiger partial charge in [-0.05, 0) is 0 Å². The second kappa shape index (κ2) is 5.39. The smallest absolute Gasteiger partial charge is 0.274 e. The van der Waals surface area contributed by atoms with E-state index in [-0.39, 0.29) is 18.1 Å². The second-order valence-electron chi connectivity index (χ2n) is 3.67. The maximum absolute atomic E-state index is 12.1. The van der Waals surface area contributed by atoms with Crippen molar-refractivity contribution < 1.29 is 9.53 Å². The second-order valence-corrected chi connectivity index (χ2v) is 3.67. The van der Waals surface area contributed by atoms with E-state index in [1.807, 2.05) is 6.07 Å². The molecule has 0 aliphatic carbocycles. The molecule has 3 N–H and O–H groups in total. The van der Waals surface area contributed by atoms with E-state index in [0.29, 0.717) is 19.0 Å². The lowest BCUT2D eigenvalue weighted by molar-refractivity contribution is 0.00318. The van der Waals surface area contributed by atoms with Crippen molar-refractivity contribution in [1.29, 1.82) is 5.26 Å². The van der Waals surface area contributed by atoms with Crippen LogP contribution in [-0.2, 0) is 4.74 Å². The maximum Gasteiger partial charge on any atom is 0.274 e. The van der Waals surface area contributed by atoms with E-state index in [2.05, 4.69) is 15.4 Å². The summed E-state index contributed by atoms with van der Waals surface area (Å²) >= 11 is 0. The minimum Gasteiger partial charge on any atom is -0.360 e. The van der Waals surface area contributed by atoms with Crippen LogP contribution in [0.2, 0.25) is 0 Å². The Labute approximate surface area is 103 Å². The van der Waals surface area contributed by atoms with E-state index in [1.165, 1.54) is 17.3 Å². The first-order valence-electron chi connectivity index (χ1n) is 5.33. The van der Waals surface area contributed by atoms with Crippen LogP contribution in [0, 0.1) is 11.3 Å². The molecule has 18 heavy (non-hydrogen) atoms. The number of nitrogens with zero attached hydrogens (tertiary/aromatic N) is 4. The van der Waals surface area contributed by atoms with Crippen molar-refractivity contribution in [3.8, 4) is 6.07 Å². The Morgan fingerprint density at radius 3 is 3.22 bits per heavy atom. The number of nitriles is 1. The number of amides is 1. The number of morpholine rings is 1. The number of aromatic nitrogens is 2. The van der Waals surface area contributed by atoms with Gasteiger partial charge >= 0.3 is 0 Å². The van der Waals surface area contributed by atoms with E-state index >= 15 is 0 Å². The standard InChI is InChI=1S/C10H12N6O2/c11-3-7-6-16(1-2-18-7)10(17)8-4-13-5-9(14-8)15-12/h4-5,7H,1-2,6,12H2,(H,14,15). The zero-order valence-corrected chi connectivity index (χ0v) is 9.54. The van der Waals surface area contributed by atoms with Gasteiger partial charge in [-0.25, -0.2) is 10.8 Å². The summed E-state index contributed by atoms with van der Waals surface area (Å²) < 4.78 is 5.16. The third-order valence-corrected chi connectivity index (χ3v) is 2.50. The first kappa shape index (κ1) is 12.2. The number of rotatable bonds is 2. The van der Waals surface area contributed by atoms with Crippen molar-refractivity contribution in [1.82, 2.24) is 14.9 Å². The Morgan fingerprint density at radius 1 is 1.67 bits per heavy atom. The van der Waals surface area contributed by atoms with Gasteiger partial charge in [-0.2, -0.15) is 5.26 Å². The number of nitrogen functional groups attached to an aromatic ring is 1. The average Bonchev–Trinajstić information content (AvgIpc) is 2.46. The molecule has 1 aliphatic rings. The summed E-state index contributed by atoms with van der Waals surface area (Å²) in [7, 11) is 0. The molecule has 1 atom stereocenters. The molecule has 1 aromatic rings. The highest BCUT2D eigenvalue weighted by Gasteiger charge is 2.25. The van der Waals surface area contributed by atoms with Crippen LogP contribution in [-0.4, -0.2) is 46.6 Å². The molecule has 0 radical (unpaired) electrons. The fourth-order valence-electron chi connectivity index (χ4n) is 1.61. The maximum atomic E-state index is 12.1. The van der Waals surface area contributed by atoms with Crippen LogP contribution in [0.25, 0.3) is 0 Å². The van der Waals surface area contributed by atoms with Gasteiger partial charge in [-0.1, -0.05) is 0 Å². The molecule has 8 heteroatoms. The first-order valence-corrected chi connectivity index (χ1v) is 5.33. The molecule has 1 aliphatic heterocycles. The molecular formula is C10H12N6O2. The summed E-state index contributed by atoms with van der Waals surface area (Å²) in [6.07, 6.45) is 2.18. The quantitative estimate of drug-likeness (QED) is 0.515. The first-order chi connectivity index (χ1) is 8.74. The van der Waals surface area contributed by atoms with Crippen LogP contribution in [0.1, 0.15) is 10.5 Å². The Balaban J connectivity index is 2.13. The minimum absolute atomic E-state index is 0.184. The molecule has 0 saturated carbocycles. The number of carbonyl (C=O) groups is 1. The molecule has 0 bridgehead atoms. The third-order valence-electron chi connectivity index (χ3n) is 2.50. The molecule has 2 rings (SSSR count). The number of hydrogen-bond donors (Lipinski definition) is 2. The lowest BCUT2D eigenvalue weighted by Crippen LogP contribution is -2.45. The Hall–Kier alpha value is -2.24. The molecule has 94 valence electrons. The highest BCUT2D eigenvalue weighted by atomic mass is 16.5. The van der Waals surface area contributed by atoms with Gasteiger partial charge in [-0.15, -0.1) is 0 Å². The number of nitrogens with one attached hydrogen (secondary N) is 1.